The number of nitrogens with one attached hydrogen (secondary N) is 6. The standard InChI is InChI=1S/C22H38N8O5/c1-17-13-19(31)29-21(27-17)25-15-23-5-3-7-33-9-11-35-12-10-34-8-4-6-24-16-26-22-28-18(2)14-20(32)30-22/h13-14,23-24H,3-12,15-16H2,1-2H3,(H2,25,27,29,31)(H2,26,28,30,32). The van der Waals surface area contributed by atoms with Crippen LogP contribution in [0.3, 0.4) is 0 Å². The number of ether oxygens (including phenoxy) is 3. The van der Waals surface area contributed by atoms with Gasteiger partial charge in [-0.25, -0.2) is 9.97 Å². The lowest BCUT2D eigenvalue weighted by Gasteiger charge is -2.09. The number of nitrogens with zero attached hydrogens (tertiary/aromatic N) is 2. The van der Waals surface area contributed by atoms with Gasteiger partial charge in [-0.1, -0.05) is 0 Å². The predicted octanol–water partition coefficient (Wildman–Crippen LogP) is -0.0818. The lowest BCUT2D eigenvalue weighted by Crippen LogP contribution is -2.26. The smallest absolute Gasteiger partial charge is 0.252 e. The maximum atomic E-state index is 11.4. The molecular weight excluding hydrogens is 456 g/mol. The highest BCUT2D eigenvalue weighted by atomic mass is 16.5. The third-order valence-corrected chi connectivity index (χ3v) is 4.53. The molecule has 2 aromatic rings. The Morgan fingerprint density at radius 1 is 0.686 bits per heavy atom. The molecule has 13 heteroatoms. The fourth-order valence-electron chi connectivity index (χ4n) is 2.94. The monoisotopic (exact) mass is 494 g/mol. The maximum absolute atomic E-state index is 11.4. The van der Waals surface area contributed by atoms with Gasteiger partial charge < -0.3 is 24.8 Å². The zero-order valence-corrected chi connectivity index (χ0v) is 20.6. The molecule has 0 saturated heterocycles. The van der Waals surface area contributed by atoms with Crippen molar-refractivity contribution in [2.45, 2.75) is 26.7 Å². The second-order valence-electron chi connectivity index (χ2n) is 7.72. The molecule has 0 saturated carbocycles. The number of hydrogen-bond donors (Lipinski definition) is 6. The van der Waals surface area contributed by atoms with Gasteiger partial charge in [0.15, 0.2) is 0 Å². The van der Waals surface area contributed by atoms with E-state index in [1.165, 1.54) is 12.1 Å². The van der Waals surface area contributed by atoms with Crippen LogP contribution in [0.15, 0.2) is 21.7 Å². The van der Waals surface area contributed by atoms with E-state index >= 15 is 0 Å². The van der Waals surface area contributed by atoms with Gasteiger partial charge in [-0.15, -0.1) is 0 Å². The van der Waals surface area contributed by atoms with Gasteiger partial charge in [0.1, 0.15) is 0 Å². The van der Waals surface area contributed by atoms with Crippen molar-refractivity contribution in [2.24, 2.45) is 0 Å². The van der Waals surface area contributed by atoms with Gasteiger partial charge in [0.2, 0.25) is 11.9 Å². The molecule has 0 atom stereocenters. The molecule has 35 heavy (non-hydrogen) atoms. The van der Waals surface area contributed by atoms with E-state index in [1.54, 1.807) is 13.8 Å². The van der Waals surface area contributed by atoms with E-state index in [4.69, 9.17) is 14.2 Å². The zero-order valence-electron chi connectivity index (χ0n) is 20.6. The normalized spacial score (nSPS) is 11.0. The molecule has 0 bridgehead atoms. The van der Waals surface area contributed by atoms with Gasteiger partial charge in [-0.2, -0.15) is 0 Å². The summed E-state index contributed by atoms with van der Waals surface area (Å²) in [4.78, 5) is 36.4. The third-order valence-electron chi connectivity index (χ3n) is 4.53. The Balaban J connectivity index is 1.28. The fourth-order valence-corrected chi connectivity index (χ4v) is 2.94. The van der Waals surface area contributed by atoms with Gasteiger partial charge >= 0.3 is 0 Å². The van der Waals surface area contributed by atoms with Crippen molar-refractivity contribution in [1.82, 2.24) is 30.6 Å². The van der Waals surface area contributed by atoms with Crippen molar-refractivity contribution in [3.05, 3.63) is 44.2 Å². The molecule has 0 aliphatic carbocycles. The maximum Gasteiger partial charge on any atom is 0.252 e. The highest BCUT2D eigenvalue weighted by Gasteiger charge is 1.98. The summed E-state index contributed by atoms with van der Waals surface area (Å²) in [5.41, 5.74) is 1.01. The van der Waals surface area contributed by atoms with Gasteiger partial charge in [0, 0.05) is 36.7 Å². The Hall–Kier alpha value is -2.84. The van der Waals surface area contributed by atoms with Gasteiger partial charge in [0.25, 0.3) is 11.1 Å². The summed E-state index contributed by atoms with van der Waals surface area (Å²) in [5.74, 6) is 0.917. The Morgan fingerprint density at radius 2 is 1.09 bits per heavy atom. The van der Waals surface area contributed by atoms with Gasteiger partial charge in [-0.05, 0) is 39.8 Å². The average Bonchev–Trinajstić information content (AvgIpc) is 2.79. The first-order chi connectivity index (χ1) is 17.0. The number of H-pyrrole nitrogens is 2. The minimum atomic E-state index is -0.170. The van der Waals surface area contributed by atoms with Crippen molar-refractivity contribution in [3.63, 3.8) is 0 Å². The van der Waals surface area contributed by atoms with E-state index in [9.17, 15) is 9.59 Å². The van der Waals surface area contributed by atoms with E-state index in [0.717, 1.165) is 25.9 Å². The second-order valence-corrected chi connectivity index (χ2v) is 7.72. The Morgan fingerprint density at radius 3 is 1.49 bits per heavy atom. The van der Waals surface area contributed by atoms with E-state index in [0.29, 0.717) is 76.3 Å². The van der Waals surface area contributed by atoms with Crippen molar-refractivity contribution in [1.29, 1.82) is 0 Å². The topological polar surface area (TPSA) is 167 Å². The Labute approximate surface area is 204 Å². The minimum Gasteiger partial charge on any atom is -0.379 e. The molecule has 0 amide bonds. The van der Waals surface area contributed by atoms with E-state index in [1.807, 2.05) is 0 Å². The molecule has 2 heterocycles. The first-order valence-electron chi connectivity index (χ1n) is 11.8. The number of hydrogen-bond acceptors (Lipinski definition) is 11. The summed E-state index contributed by atoms with van der Waals surface area (Å²) in [7, 11) is 0. The third kappa shape index (κ3) is 14.2. The van der Waals surface area contributed by atoms with Crippen LogP contribution >= 0.6 is 0 Å². The molecule has 0 radical (unpaired) electrons. The molecule has 13 nitrogen and oxygen atoms in total. The van der Waals surface area contributed by atoms with Crippen LogP contribution in [-0.2, 0) is 14.2 Å². The van der Waals surface area contributed by atoms with Crippen LogP contribution in [0.5, 0.6) is 0 Å². The van der Waals surface area contributed by atoms with Crippen LogP contribution in [0, 0.1) is 13.8 Å². The summed E-state index contributed by atoms with van der Waals surface area (Å²) < 4.78 is 16.6. The lowest BCUT2D eigenvalue weighted by molar-refractivity contribution is 0.0139. The number of aromatic amines is 2. The summed E-state index contributed by atoms with van der Waals surface area (Å²) in [6.07, 6.45) is 1.73. The summed E-state index contributed by atoms with van der Waals surface area (Å²) in [6.45, 7) is 9.59. The van der Waals surface area contributed by atoms with Crippen LogP contribution in [0.1, 0.15) is 24.2 Å². The average molecular weight is 495 g/mol. The van der Waals surface area contributed by atoms with Crippen LogP contribution in [-0.4, -0.2) is 86.0 Å². The Kier molecular flexibility index (Phi) is 14.3. The SMILES string of the molecule is Cc1cc(=O)[nH]c(NCNCCCOCCOCCOCCCNCNc2nc(C)cc(=O)[nH]2)n1. The Bertz CT molecular complexity index is 876. The molecule has 2 rings (SSSR count). The summed E-state index contributed by atoms with van der Waals surface area (Å²) in [6, 6.07) is 2.90. The molecule has 0 spiro atoms. The molecule has 196 valence electrons. The van der Waals surface area contributed by atoms with Crippen LogP contribution in [0.4, 0.5) is 11.9 Å². The molecule has 0 aromatic carbocycles. The first-order valence-corrected chi connectivity index (χ1v) is 11.8. The lowest BCUT2D eigenvalue weighted by atomic mass is 10.4. The quantitative estimate of drug-likeness (QED) is 0.108. The number of aryl methyl sites for hydroxylation is 2. The largest absolute Gasteiger partial charge is 0.379 e. The number of rotatable bonds is 20. The van der Waals surface area contributed by atoms with Crippen molar-refractivity contribution in [2.75, 3.05) is 76.7 Å². The van der Waals surface area contributed by atoms with Crippen molar-refractivity contribution in [3.8, 4) is 0 Å². The highest BCUT2D eigenvalue weighted by molar-refractivity contribution is 5.24. The van der Waals surface area contributed by atoms with Crippen LogP contribution < -0.4 is 32.4 Å². The van der Waals surface area contributed by atoms with Crippen molar-refractivity contribution < 1.29 is 14.2 Å². The van der Waals surface area contributed by atoms with Crippen molar-refractivity contribution >= 4 is 11.9 Å². The highest BCUT2D eigenvalue weighted by Crippen LogP contribution is 1.95. The summed E-state index contributed by atoms with van der Waals surface area (Å²) in [5, 5.41) is 12.4. The fraction of sp³-hybridized carbons (Fsp3) is 0.636. The molecule has 0 unspecified atom stereocenters. The van der Waals surface area contributed by atoms with Crippen LogP contribution in [0.25, 0.3) is 0 Å². The van der Waals surface area contributed by atoms with E-state index in [-0.39, 0.29) is 11.1 Å². The van der Waals surface area contributed by atoms with E-state index < -0.39 is 0 Å². The summed E-state index contributed by atoms with van der Waals surface area (Å²) >= 11 is 0. The molecular formula is C22H38N8O5. The molecule has 2 aromatic heterocycles. The van der Waals surface area contributed by atoms with Crippen LogP contribution in [0.2, 0.25) is 0 Å². The zero-order chi connectivity index (χ0) is 25.1. The molecule has 0 fully saturated rings. The minimum absolute atomic E-state index is 0.170. The van der Waals surface area contributed by atoms with Gasteiger partial charge in [0.05, 0.1) is 39.8 Å². The van der Waals surface area contributed by atoms with E-state index in [2.05, 4.69) is 41.2 Å². The molecule has 6 N–H and O–H groups in total. The molecule has 0 aliphatic rings. The number of aromatic nitrogens is 4. The van der Waals surface area contributed by atoms with Gasteiger partial charge in [-0.3, -0.25) is 30.2 Å². The predicted molar refractivity (Wildman–Crippen MR) is 134 cm³/mol. The second kappa shape index (κ2) is 17.6. The molecule has 0 aliphatic heterocycles. The number of anilines is 2. The first kappa shape index (κ1) is 28.4.